The summed E-state index contributed by atoms with van der Waals surface area (Å²) in [5.74, 6) is 2.02. The van der Waals surface area contributed by atoms with Crippen LogP contribution in [0.25, 0.3) is 0 Å². The highest BCUT2D eigenvalue weighted by atomic mass is 16.5. The molecule has 0 unspecified atom stereocenters. The van der Waals surface area contributed by atoms with Crippen LogP contribution < -0.4 is 10.1 Å². The van der Waals surface area contributed by atoms with Gasteiger partial charge in [-0.15, -0.1) is 0 Å². The lowest BCUT2D eigenvalue weighted by Gasteiger charge is -2.05. The van der Waals surface area contributed by atoms with Crippen LogP contribution >= 0.6 is 0 Å². The normalized spacial score (nSPS) is 10.5. The van der Waals surface area contributed by atoms with E-state index in [1.807, 2.05) is 24.3 Å². The van der Waals surface area contributed by atoms with E-state index in [0.717, 1.165) is 12.2 Å². The Balaban J connectivity index is 1.51. The van der Waals surface area contributed by atoms with Gasteiger partial charge in [0.15, 0.2) is 5.76 Å². The summed E-state index contributed by atoms with van der Waals surface area (Å²) in [5, 5.41) is 2.73. The number of hydrogen-bond donors (Lipinski definition) is 1. The summed E-state index contributed by atoms with van der Waals surface area (Å²) in [6, 6.07) is 14.9. The van der Waals surface area contributed by atoms with Crippen LogP contribution in [0.2, 0.25) is 0 Å². The fourth-order valence-corrected chi connectivity index (χ4v) is 2.22. The van der Waals surface area contributed by atoms with Gasteiger partial charge < -0.3 is 18.9 Å². The lowest BCUT2D eigenvalue weighted by atomic mass is 10.2. The molecular formula is C19H19NO4. The molecule has 0 saturated heterocycles. The number of ether oxygens (including phenoxy) is 1. The smallest absolute Gasteiger partial charge is 0.287 e. The van der Waals surface area contributed by atoms with E-state index in [1.165, 1.54) is 5.56 Å². The average molecular weight is 325 g/mol. The highest BCUT2D eigenvalue weighted by molar-refractivity contribution is 5.91. The third kappa shape index (κ3) is 4.07. The van der Waals surface area contributed by atoms with Crippen molar-refractivity contribution in [3.8, 4) is 5.75 Å². The van der Waals surface area contributed by atoms with E-state index in [1.54, 1.807) is 30.5 Å². The molecule has 1 N–H and O–H groups in total. The molecule has 0 atom stereocenters. The maximum absolute atomic E-state index is 12.0. The summed E-state index contributed by atoms with van der Waals surface area (Å²) < 4.78 is 16.3. The Morgan fingerprint density at radius 3 is 2.62 bits per heavy atom. The summed E-state index contributed by atoms with van der Waals surface area (Å²) in [7, 11) is 0. The van der Waals surface area contributed by atoms with Crippen molar-refractivity contribution in [2.45, 2.75) is 26.5 Å². The summed E-state index contributed by atoms with van der Waals surface area (Å²) >= 11 is 0. The first-order valence-corrected chi connectivity index (χ1v) is 7.85. The van der Waals surface area contributed by atoms with Gasteiger partial charge in [0.25, 0.3) is 5.91 Å². The first-order chi connectivity index (χ1) is 11.7. The summed E-state index contributed by atoms with van der Waals surface area (Å²) in [6.07, 6.45) is 2.56. The van der Waals surface area contributed by atoms with Gasteiger partial charge in [-0.1, -0.05) is 19.1 Å². The van der Waals surface area contributed by atoms with Crippen molar-refractivity contribution in [1.82, 2.24) is 5.32 Å². The van der Waals surface area contributed by atoms with Crippen LogP contribution in [0.15, 0.2) is 63.6 Å². The molecule has 1 amide bonds. The number of amides is 1. The molecular weight excluding hydrogens is 306 g/mol. The van der Waals surface area contributed by atoms with Crippen LogP contribution in [0.3, 0.4) is 0 Å². The first-order valence-electron chi connectivity index (χ1n) is 7.85. The molecule has 0 aliphatic heterocycles. The molecule has 24 heavy (non-hydrogen) atoms. The predicted molar refractivity (Wildman–Crippen MR) is 88.7 cm³/mol. The zero-order valence-electron chi connectivity index (χ0n) is 13.5. The molecule has 0 radical (unpaired) electrons. The lowest BCUT2D eigenvalue weighted by Crippen LogP contribution is -2.21. The highest BCUT2D eigenvalue weighted by Crippen LogP contribution is 2.16. The Bertz CT molecular complexity index is 772. The molecule has 2 aromatic heterocycles. The number of rotatable bonds is 7. The Morgan fingerprint density at radius 2 is 1.92 bits per heavy atom. The van der Waals surface area contributed by atoms with E-state index in [9.17, 15) is 4.79 Å². The fourth-order valence-electron chi connectivity index (χ4n) is 2.22. The second-order valence-corrected chi connectivity index (χ2v) is 5.31. The van der Waals surface area contributed by atoms with Gasteiger partial charge in [0.2, 0.25) is 0 Å². The van der Waals surface area contributed by atoms with Gasteiger partial charge in [-0.2, -0.15) is 0 Å². The van der Waals surface area contributed by atoms with Crippen LogP contribution in [0.5, 0.6) is 5.75 Å². The standard InChI is InChI=1S/C19H19NO4/c1-2-14-5-7-15(8-6-14)23-13-17-9-10-18(24-17)19(21)20-12-16-4-3-11-22-16/h3-11H,2,12-13H2,1H3,(H,20,21). The maximum Gasteiger partial charge on any atom is 0.287 e. The topological polar surface area (TPSA) is 64.6 Å². The number of aryl methyl sites for hydroxylation is 1. The molecule has 2 heterocycles. The second-order valence-electron chi connectivity index (χ2n) is 5.31. The van der Waals surface area contributed by atoms with Crippen LogP contribution in [-0.2, 0) is 19.6 Å². The van der Waals surface area contributed by atoms with E-state index in [0.29, 0.717) is 18.1 Å². The van der Waals surface area contributed by atoms with Crippen molar-refractivity contribution in [3.63, 3.8) is 0 Å². The van der Waals surface area contributed by atoms with E-state index in [2.05, 4.69) is 12.2 Å². The summed E-state index contributed by atoms with van der Waals surface area (Å²) in [4.78, 5) is 12.0. The van der Waals surface area contributed by atoms with Crippen LogP contribution in [0, 0.1) is 0 Å². The number of furan rings is 2. The number of benzene rings is 1. The van der Waals surface area contributed by atoms with Crippen molar-refractivity contribution in [2.75, 3.05) is 0 Å². The SMILES string of the molecule is CCc1ccc(OCc2ccc(C(=O)NCc3ccco3)o2)cc1. The predicted octanol–water partition coefficient (Wildman–Crippen LogP) is 3.94. The highest BCUT2D eigenvalue weighted by Gasteiger charge is 2.11. The number of carbonyl (C=O) groups is 1. The molecule has 0 aliphatic carbocycles. The molecule has 3 aromatic rings. The monoisotopic (exact) mass is 325 g/mol. The molecule has 124 valence electrons. The minimum Gasteiger partial charge on any atom is -0.486 e. The second kappa shape index (κ2) is 7.55. The number of nitrogens with one attached hydrogen (secondary N) is 1. The van der Waals surface area contributed by atoms with Crippen LogP contribution in [0.4, 0.5) is 0 Å². The molecule has 0 spiro atoms. The van der Waals surface area contributed by atoms with Crippen molar-refractivity contribution in [1.29, 1.82) is 0 Å². The zero-order valence-corrected chi connectivity index (χ0v) is 13.5. The molecule has 1 aromatic carbocycles. The summed E-state index contributed by atoms with van der Waals surface area (Å²) in [5.41, 5.74) is 1.26. The molecule has 5 heteroatoms. The largest absolute Gasteiger partial charge is 0.486 e. The number of carbonyl (C=O) groups excluding carboxylic acids is 1. The van der Waals surface area contributed by atoms with Crippen molar-refractivity contribution >= 4 is 5.91 Å². The average Bonchev–Trinajstić information content (AvgIpc) is 3.30. The number of hydrogen-bond acceptors (Lipinski definition) is 4. The van der Waals surface area contributed by atoms with Gasteiger partial charge in [-0.05, 0) is 48.4 Å². The van der Waals surface area contributed by atoms with Gasteiger partial charge in [0.1, 0.15) is 23.9 Å². The molecule has 0 bridgehead atoms. The third-order valence-corrected chi connectivity index (χ3v) is 3.60. The van der Waals surface area contributed by atoms with Gasteiger partial charge in [0, 0.05) is 0 Å². The van der Waals surface area contributed by atoms with Crippen molar-refractivity contribution in [2.24, 2.45) is 0 Å². The third-order valence-electron chi connectivity index (χ3n) is 3.60. The maximum atomic E-state index is 12.0. The van der Waals surface area contributed by atoms with E-state index >= 15 is 0 Å². The lowest BCUT2D eigenvalue weighted by molar-refractivity contribution is 0.0916. The Kier molecular flexibility index (Phi) is 5.01. The molecule has 0 fully saturated rings. The molecule has 5 nitrogen and oxygen atoms in total. The Morgan fingerprint density at radius 1 is 1.08 bits per heavy atom. The minimum atomic E-state index is -0.287. The van der Waals surface area contributed by atoms with Gasteiger partial charge in [-0.3, -0.25) is 4.79 Å². The fraction of sp³-hybridized carbons (Fsp3) is 0.211. The van der Waals surface area contributed by atoms with Gasteiger partial charge >= 0.3 is 0 Å². The van der Waals surface area contributed by atoms with Crippen molar-refractivity contribution < 1.29 is 18.4 Å². The van der Waals surface area contributed by atoms with Gasteiger partial charge in [-0.25, -0.2) is 0 Å². The van der Waals surface area contributed by atoms with E-state index in [4.69, 9.17) is 13.6 Å². The van der Waals surface area contributed by atoms with E-state index < -0.39 is 0 Å². The quantitative estimate of drug-likeness (QED) is 0.714. The van der Waals surface area contributed by atoms with Gasteiger partial charge in [0.05, 0.1) is 12.8 Å². The Hall–Kier alpha value is -2.95. The molecule has 3 rings (SSSR count). The molecule has 0 aliphatic rings. The minimum absolute atomic E-state index is 0.251. The van der Waals surface area contributed by atoms with Crippen LogP contribution in [-0.4, -0.2) is 5.91 Å². The van der Waals surface area contributed by atoms with E-state index in [-0.39, 0.29) is 18.3 Å². The van der Waals surface area contributed by atoms with Crippen molar-refractivity contribution in [3.05, 3.63) is 77.6 Å². The molecule has 0 saturated carbocycles. The van der Waals surface area contributed by atoms with Crippen LogP contribution in [0.1, 0.15) is 34.6 Å². The summed E-state index contributed by atoms with van der Waals surface area (Å²) in [6.45, 7) is 2.70. The zero-order chi connectivity index (χ0) is 16.8. The Labute approximate surface area is 140 Å². The first kappa shape index (κ1) is 15.9.